The molecule has 1 spiro atoms. The number of amides is 2. The van der Waals surface area contributed by atoms with Crippen LogP contribution in [0, 0.1) is 0 Å². The molecule has 0 atom stereocenters. The van der Waals surface area contributed by atoms with Gasteiger partial charge in [-0.3, -0.25) is 14.6 Å². The van der Waals surface area contributed by atoms with E-state index in [0.29, 0.717) is 19.5 Å². The third kappa shape index (κ3) is 2.40. The lowest BCUT2D eigenvalue weighted by Crippen LogP contribution is -2.55. The quantitative estimate of drug-likeness (QED) is 0.882. The minimum atomic E-state index is -0.638. The summed E-state index contributed by atoms with van der Waals surface area (Å²) >= 11 is 0. The molecule has 1 aromatic heterocycles. The van der Waals surface area contributed by atoms with E-state index in [4.69, 9.17) is 0 Å². The average Bonchev–Trinajstić information content (AvgIpc) is 2.89. The summed E-state index contributed by atoms with van der Waals surface area (Å²) in [5.41, 5.74) is 0.413. The zero-order chi connectivity index (χ0) is 14.0. The fourth-order valence-corrected chi connectivity index (χ4v) is 3.20. The van der Waals surface area contributed by atoms with Gasteiger partial charge in [-0.15, -0.1) is 0 Å². The van der Waals surface area contributed by atoms with Crippen molar-refractivity contribution in [1.29, 1.82) is 0 Å². The molecule has 3 rings (SSSR count). The fourth-order valence-electron chi connectivity index (χ4n) is 3.20. The molecule has 2 aliphatic rings. The van der Waals surface area contributed by atoms with Gasteiger partial charge in [0.25, 0.3) is 0 Å². The minimum Gasteiger partial charge on any atom is -0.342 e. The Morgan fingerprint density at radius 2 is 1.90 bits per heavy atom. The van der Waals surface area contributed by atoms with E-state index in [1.54, 1.807) is 12.4 Å². The van der Waals surface area contributed by atoms with Gasteiger partial charge in [0, 0.05) is 31.9 Å². The summed E-state index contributed by atoms with van der Waals surface area (Å²) in [5.74, 6) is 0.0788. The van der Waals surface area contributed by atoms with Crippen molar-refractivity contribution in [3.63, 3.8) is 0 Å². The van der Waals surface area contributed by atoms with Gasteiger partial charge in [0.2, 0.25) is 11.8 Å². The van der Waals surface area contributed by atoms with Gasteiger partial charge in [0.15, 0.2) is 0 Å². The van der Waals surface area contributed by atoms with Crippen molar-refractivity contribution in [1.82, 2.24) is 15.2 Å². The van der Waals surface area contributed by atoms with Crippen molar-refractivity contribution in [3.8, 4) is 0 Å². The molecule has 1 aliphatic carbocycles. The molecule has 2 heterocycles. The highest BCUT2D eigenvalue weighted by molar-refractivity contribution is 5.93. The lowest BCUT2D eigenvalue weighted by Gasteiger charge is -2.31. The second-order valence-corrected chi connectivity index (χ2v) is 5.67. The predicted molar refractivity (Wildman–Crippen MR) is 73.6 cm³/mol. The van der Waals surface area contributed by atoms with Crippen molar-refractivity contribution in [2.24, 2.45) is 0 Å². The van der Waals surface area contributed by atoms with E-state index in [0.717, 1.165) is 31.2 Å². The third-order valence-corrected chi connectivity index (χ3v) is 4.26. The second kappa shape index (κ2) is 5.23. The van der Waals surface area contributed by atoms with E-state index in [2.05, 4.69) is 10.3 Å². The SMILES string of the molecule is O=C1CCN(Cc2ccncc2)C(=O)C2(CCCC2)N1. The highest BCUT2D eigenvalue weighted by atomic mass is 16.2. The lowest BCUT2D eigenvalue weighted by molar-refractivity contribution is -0.139. The summed E-state index contributed by atoms with van der Waals surface area (Å²) in [6.07, 6.45) is 7.40. The molecule has 2 fully saturated rings. The number of carbonyl (C=O) groups excluding carboxylic acids is 2. The first kappa shape index (κ1) is 13.1. The number of aromatic nitrogens is 1. The molecule has 1 aliphatic heterocycles. The van der Waals surface area contributed by atoms with Gasteiger partial charge in [0.1, 0.15) is 5.54 Å². The minimum absolute atomic E-state index is 0.00233. The van der Waals surface area contributed by atoms with Crippen LogP contribution in [0.5, 0.6) is 0 Å². The molecule has 0 unspecified atom stereocenters. The Morgan fingerprint density at radius 3 is 2.60 bits per heavy atom. The lowest BCUT2D eigenvalue weighted by atomic mass is 9.95. The highest BCUT2D eigenvalue weighted by Gasteiger charge is 2.46. The summed E-state index contributed by atoms with van der Waals surface area (Å²) in [7, 11) is 0. The van der Waals surface area contributed by atoms with E-state index in [-0.39, 0.29) is 11.8 Å². The topological polar surface area (TPSA) is 62.3 Å². The van der Waals surface area contributed by atoms with E-state index in [9.17, 15) is 9.59 Å². The van der Waals surface area contributed by atoms with Gasteiger partial charge in [-0.05, 0) is 30.5 Å². The number of nitrogens with one attached hydrogen (secondary N) is 1. The third-order valence-electron chi connectivity index (χ3n) is 4.26. The molecule has 0 aromatic carbocycles. The molecular weight excluding hydrogens is 254 g/mol. The molecule has 1 saturated heterocycles. The molecular formula is C15H19N3O2. The normalized spacial score (nSPS) is 21.9. The molecule has 1 saturated carbocycles. The Labute approximate surface area is 118 Å². The molecule has 5 heteroatoms. The highest BCUT2D eigenvalue weighted by Crippen LogP contribution is 2.33. The van der Waals surface area contributed by atoms with Crippen LogP contribution in [0.3, 0.4) is 0 Å². The van der Waals surface area contributed by atoms with Crippen molar-refractivity contribution in [3.05, 3.63) is 30.1 Å². The molecule has 20 heavy (non-hydrogen) atoms. The van der Waals surface area contributed by atoms with Gasteiger partial charge in [-0.1, -0.05) is 12.8 Å². The summed E-state index contributed by atoms with van der Waals surface area (Å²) < 4.78 is 0. The Morgan fingerprint density at radius 1 is 1.20 bits per heavy atom. The maximum atomic E-state index is 12.8. The smallest absolute Gasteiger partial charge is 0.248 e. The number of carbonyl (C=O) groups is 2. The predicted octanol–water partition coefficient (Wildman–Crippen LogP) is 1.24. The molecule has 0 bridgehead atoms. The summed E-state index contributed by atoms with van der Waals surface area (Å²) in [5, 5.41) is 2.98. The van der Waals surface area contributed by atoms with Crippen LogP contribution in [0.4, 0.5) is 0 Å². The number of rotatable bonds is 2. The molecule has 5 nitrogen and oxygen atoms in total. The van der Waals surface area contributed by atoms with Crippen LogP contribution in [-0.2, 0) is 16.1 Å². The van der Waals surface area contributed by atoms with E-state index < -0.39 is 5.54 Å². The maximum Gasteiger partial charge on any atom is 0.248 e. The van der Waals surface area contributed by atoms with Crippen LogP contribution in [0.25, 0.3) is 0 Å². The average molecular weight is 273 g/mol. The maximum absolute atomic E-state index is 12.8. The van der Waals surface area contributed by atoms with Crippen molar-refractivity contribution >= 4 is 11.8 Å². The molecule has 0 radical (unpaired) electrons. The van der Waals surface area contributed by atoms with Crippen LogP contribution in [0.2, 0.25) is 0 Å². The summed E-state index contributed by atoms with van der Waals surface area (Å²) in [6, 6.07) is 3.82. The standard InChI is InChI=1S/C15H19N3O2/c19-13-5-10-18(11-12-3-8-16-9-4-12)14(20)15(17-13)6-1-2-7-15/h3-4,8-9H,1-2,5-7,10-11H2,(H,17,19). The van der Waals surface area contributed by atoms with Crippen LogP contribution in [0.1, 0.15) is 37.7 Å². The van der Waals surface area contributed by atoms with E-state index in [1.165, 1.54) is 0 Å². The second-order valence-electron chi connectivity index (χ2n) is 5.67. The van der Waals surface area contributed by atoms with E-state index >= 15 is 0 Å². The van der Waals surface area contributed by atoms with Gasteiger partial charge in [-0.25, -0.2) is 0 Å². The van der Waals surface area contributed by atoms with Crippen molar-refractivity contribution in [2.45, 2.75) is 44.2 Å². The monoisotopic (exact) mass is 273 g/mol. The molecule has 2 amide bonds. The van der Waals surface area contributed by atoms with Crippen LogP contribution < -0.4 is 5.32 Å². The molecule has 1 aromatic rings. The fraction of sp³-hybridized carbons (Fsp3) is 0.533. The first-order chi connectivity index (χ1) is 9.70. The Hall–Kier alpha value is -1.91. The van der Waals surface area contributed by atoms with Gasteiger partial charge in [-0.2, -0.15) is 0 Å². The summed E-state index contributed by atoms with van der Waals surface area (Å²) in [4.78, 5) is 30.5. The Balaban J connectivity index is 1.83. The van der Waals surface area contributed by atoms with E-state index in [1.807, 2.05) is 17.0 Å². The summed E-state index contributed by atoms with van der Waals surface area (Å²) in [6.45, 7) is 1.05. The van der Waals surface area contributed by atoms with Gasteiger partial charge >= 0.3 is 0 Å². The number of hydrogen-bond donors (Lipinski definition) is 1. The van der Waals surface area contributed by atoms with Crippen LogP contribution in [-0.4, -0.2) is 33.8 Å². The number of hydrogen-bond acceptors (Lipinski definition) is 3. The van der Waals surface area contributed by atoms with Crippen molar-refractivity contribution in [2.75, 3.05) is 6.54 Å². The van der Waals surface area contributed by atoms with Crippen LogP contribution >= 0.6 is 0 Å². The number of nitrogens with zero attached hydrogens (tertiary/aromatic N) is 2. The molecule has 106 valence electrons. The first-order valence-corrected chi connectivity index (χ1v) is 7.19. The largest absolute Gasteiger partial charge is 0.342 e. The first-order valence-electron chi connectivity index (χ1n) is 7.19. The zero-order valence-corrected chi connectivity index (χ0v) is 11.5. The van der Waals surface area contributed by atoms with Gasteiger partial charge < -0.3 is 10.2 Å². The van der Waals surface area contributed by atoms with Gasteiger partial charge in [0.05, 0.1) is 0 Å². The van der Waals surface area contributed by atoms with Crippen LogP contribution in [0.15, 0.2) is 24.5 Å². The van der Waals surface area contributed by atoms with Crippen molar-refractivity contribution < 1.29 is 9.59 Å². The Bertz CT molecular complexity index is 509. The molecule has 1 N–H and O–H groups in total. The Kier molecular flexibility index (Phi) is 3.42. The zero-order valence-electron chi connectivity index (χ0n) is 11.5. The number of pyridine rings is 1.